The standard InChI is InChI=1S/C18H20ClFN2O2/c1-12(2)24-15-6-3-13(4-7-15)22-18(23)9-10-21-14-5-8-17(20)16(19)11-14/h3-8,11-12,21H,9-10H2,1-2H3,(H,22,23). The molecule has 2 rings (SSSR count). The first-order valence-electron chi connectivity index (χ1n) is 7.69. The summed E-state index contributed by atoms with van der Waals surface area (Å²) in [6.45, 7) is 4.33. The highest BCUT2D eigenvalue weighted by molar-refractivity contribution is 6.31. The van der Waals surface area contributed by atoms with Crippen molar-refractivity contribution in [1.82, 2.24) is 0 Å². The number of carbonyl (C=O) groups excluding carboxylic acids is 1. The molecule has 0 spiro atoms. The molecule has 6 heteroatoms. The van der Waals surface area contributed by atoms with Gasteiger partial charge in [0.05, 0.1) is 11.1 Å². The van der Waals surface area contributed by atoms with Crippen molar-refractivity contribution in [2.75, 3.05) is 17.2 Å². The summed E-state index contributed by atoms with van der Waals surface area (Å²) >= 11 is 5.70. The third-order valence-corrected chi connectivity index (χ3v) is 3.40. The lowest BCUT2D eigenvalue weighted by molar-refractivity contribution is -0.115. The summed E-state index contributed by atoms with van der Waals surface area (Å²) in [5, 5.41) is 5.89. The Bertz CT molecular complexity index is 690. The van der Waals surface area contributed by atoms with E-state index in [-0.39, 0.29) is 23.5 Å². The van der Waals surface area contributed by atoms with Gasteiger partial charge < -0.3 is 15.4 Å². The fourth-order valence-electron chi connectivity index (χ4n) is 2.04. The second-order valence-corrected chi connectivity index (χ2v) is 5.95. The monoisotopic (exact) mass is 350 g/mol. The van der Waals surface area contributed by atoms with Crippen molar-refractivity contribution in [3.63, 3.8) is 0 Å². The van der Waals surface area contributed by atoms with Gasteiger partial charge in [0.25, 0.3) is 0 Å². The third-order valence-electron chi connectivity index (χ3n) is 3.11. The minimum Gasteiger partial charge on any atom is -0.491 e. The first kappa shape index (κ1) is 18.1. The number of halogens is 2. The molecule has 0 bridgehead atoms. The summed E-state index contributed by atoms with van der Waals surface area (Å²) in [4.78, 5) is 11.9. The predicted octanol–water partition coefficient (Wildman–Crippen LogP) is 4.71. The molecule has 0 aliphatic heterocycles. The number of amides is 1. The van der Waals surface area contributed by atoms with Crippen LogP contribution in [0.2, 0.25) is 5.02 Å². The van der Waals surface area contributed by atoms with E-state index in [2.05, 4.69) is 10.6 Å². The van der Waals surface area contributed by atoms with E-state index in [4.69, 9.17) is 16.3 Å². The number of ether oxygens (including phenoxy) is 1. The van der Waals surface area contributed by atoms with Crippen LogP contribution in [0.1, 0.15) is 20.3 Å². The highest BCUT2D eigenvalue weighted by atomic mass is 35.5. The average Bonchev–Trinajstić information content (AvgIpc) is 2.52. The summed E-state index contributed by atoms with van der Waals surface area (Å²) in [6, 6.07) is 11.6. The van der Waals surface area contributed by atoms with Crippen LogP contribution in [0.15, 0.2) is 42.5 Å². The van der Waals surface area contributed by atoms with Crippen LogP contribution in [0.4, 0.5) is 15.8 Å². The van der Waals surface area contributed by atoms with Crippen molar-refractivity contribution in [3.05, 3.63) is 53.3 Å². The van der Waals surface area contributed by atoms with Crippen molar-refractivity contribution >= 4 is 28.9 Å². The Balaban J connectivity index is 1.77. The van der Waals surface area contributed by atoms with Gasteiger partial charge in [-0.15, -0.1) is 0 Å². The zero-order valence-electron chi connectivity index (χ0n) is 13.6. The molecule has 0 radical (unpaired) electrons. The van der Waals surface area contributed by atoms with E-state index in [1.165, 1.54) is 12.1 Å². The van der Waals surface area contributed by atoms with Crippen LogP contribution in [0.3, 0.4) is 0 Å². The summed E-state index contributed by atoms with van der Waals surface area (Å²) in [5.41, 5.74) is 1.38. The van der Waals surface area contributed by atoms with Crippen LogP contribution in [0.5, 0.6) is 5.75 Å². The van der Waals surface area contributed by atoms with Gasteiger partial charge in [0, 0.05) is 24.3 Å². The Morgan fingerprint density at radius 2 is 1.83 bits per heavy atom. The highest BCUT2D eigenvalue weighted by Crippen LogP contribution is 2.19. The number of nitrogens with one attached hydrogen (secondary N) is 2. The molecule has 4 nitrogen and oxygen atoms in total. The first-order chi connectivity index (χ1) is 11.4. The zero-order valence-corrected chi connectivity index (χ0v) is 14.4. The minimum absolute atomic E-state index is 0.0492. The van der Waals surface area contributed by atoms with Gasteiger partial charge in [-0.25, -0.2) is 4.39 Å². The average molecular weight is 351 g/mol. The molecule has 0 fully saturated rings. The quantitative estimate of drug-likeness (QED) is 0.760. The number of rotatable bonds is 7. The minimum atomic E-state index is -0.468. The lowest BCUT2D eigenvalue weighted by atomic mass is 10.2. The molecule has 1 amide bonds. The van der Waals surface area contributed by atoms with Gasteiger partial charge >= 0.3 is 0 Å². The number of hydrogen-bond donors (Lipinski definition) is 2. The fourth-order valence-corrected chi connectivity index (χ4v) is 2.22. The highest BCUT2D eigenvalue weighted by Gasteiger charge is 2.05. The maximum atomic E-state index is 13.1. The fraction of sp³-hybridized carbons (Fsp3) is 0.278. The van der Waals surface area contributed by atoms with Crippen LogP contribution in [0.25, 0.3) is 0 Å². The van der Waals surface area contributed by atoms with Crippen molar-refractivity contribution in [2.24, 2.45) is 0 Å². The van der Waals surface area contributed by atoms with E-state index >= 15 is 0 Å². The van der Waals surface area contributed by atoms with E-state index in [1.807, 2.05) is 26.0 Å². The molecule has 0 unspecified atom stereocenters. The second-order valence-electron chi connectivity index (χ2n) is 5.54. The van der Waals surface area contributed by atoms with Crippen LogP contribution in [-0.2, 0) is 4.79 Å². The lowest BCUT2D eigenvalue weighted by Gasteiger charge is -2.11. The second kappa shape index (κ2) is 8.55. The zero-order chi connectivity index (χ0) is 17.5. The summed E-state index contributed by atoms with van der Waals surface area (Å²) in [5.74, 6) is 0.177. The van der Waals surface area contributed by atoms with E-state index in [9.17, 15) is 9.18 Å². The van der Waals surface area contributed by atoms with E-state index in [0.29, 0.717) is 17.9 Å². The topological polar surface area (TPSA) is 50.4 Å². The summed E-state index contributed by atoms with van der Waals surface area (Å²) in [7, 11) is 0. The molecule has 0 aliphatic rings. The Hall–Kier alpha value is -2.27. The van der Waals surface area contributed by atoms with Crippen molar-refractivity contribution in [3.8, 4) is 5.75 Å². The van der Waals surface area contributed by atoms with Gasteiger partial charge in [0.2, 0.25) is 5.91 Å². The van der Waals surface area contributed by atoms with Gasteiger partial charge in [-0.2, -0.15) is 0 Å². The third kappa shape index (κ3) is 5.74. The molecular formula is C18H20ClFN2O2. The molecule has 0 saturated heterocycles. The smallest absolute Gasteiger partial charge is 0.226 e. The van der Waals surface area contributed by atoms with Crippen molar-refractivity contribution in [2.45, 2.75) is 26.4 Å². The Morgan fingerprint density at radius 1 is 1.17 bits per heavy atom. The van der Waals surface area contributed by atoms with E-state index in [1.54, 1.807) is 18.2 Å². The maximum absolute atomic E-state index is 13.1. The van der Waals surface area contributed by atoms with Crippen LogP contribution >= 0.6 is 11.6 Å². The lowest BCUT2D eigenvalue weighted by Crippen LogP contribution is -2.16. The largest absolute Gasteiger partial charge is 0.491 e. The molecule has 0 heterocycles. The van der Waals surface area contributed by atoms with Gasteiger partial charge in [0.1, 0.15) is 11.6 Å². The van der Waals surface area contributed by atoms with Crippen LogP contribution in [-0.4, -0.2) is 18.6 Å². The van der Waals surface area contributed by atoms with Crippen molar-refractivity contribution in [1.29, 1.82) is 0 Å². The molecule has 24 heavy (non-hydrogen) atoms. The van der Waals surface area contributed by atoms with Gasteiger partial charge in [-0.05, 0) is 56.3 Å². The molecule has 0 aliphatic carbocycles. The maximum Gasteiger partial charge on any atom is 0.226 e. The Kier molecular flexibility index (Phi) is 6.44. The van der Waals surface area contributed by atoms with Gasteiger partial charge in [0.15, 0.2) is 0 Å². The number of benzene rings is 2. The predicted molar refractivity (Wildman–Crippen MR) is 95.4 cm³/mol. The Morgan fingerprint density at radius 3 is 2.46 bits per heavy atom. The van der Waals surface area contributed by atoms with E-state index < -0.39 is 5.82 Å². The molecular weight excluding hydrogens is 331 g/mol. The molecule has 0 saturated carbocycles. The number of carbonyl (C=O) groups is 1. The normalized spacial score (nSPS) is 10.5. The molecule has 128 valence electrons. The van der Waals surface area contributed by atoms with Gasteiger partial charge in [-0.1, -0.05) is 11.6 Å². The van der Waals surface area contributed by atoms with Gasteiger partial charge in [-0.3, -0.25) is 4.79 Å². The number of hydrogen-bond acceptors (Lipinski definition) is 3. The van der Waals surface area contributed by atoms with Crippen LogP contribution in [0, 0.1) is 5.82 Å². The summed E-state index contributed by atoms with van der Waals surface area (Å²) < 4.78 is 18.6. The Labute approximate surface area is 146 Å². The van der Waals surface area contributed by atoms with Crippen molar-refractivity contribution < 1.29 is 13.9 Å². The summed E-state index contributed by atoms with van der Waals surface area (Å²) in [6.07, 6.45) is 0.385. The molecule has 2 aromatic carbocycles. The first-order valence-corrected chi connectivity index (χ1v) is 8.07. The molecule has 2 aromatic rings. The molecule has 2 N–H and O–H groups in total. The number of anilines is 2. The molecule has 0 atom stereocenters. The van der Waals surface area contributed by atoms with E-state index in [0.717, 1.165) is 5.75 Å². The van der Waals surface area contributed by atoms with Crippen LogP contribution < -0.4 is 15.4 Å². The SMILES string of the molecule is CC(C)Oc1ccc(NC(=O)CCNc2ccc(F)c(Cl)c2)cc1. The molecule has 0 aromatic heterocycles.